The monoisotopic (exact) mass is 534 g/mol. The summed E-state index contributed by atoms with van der Waals surface area (Å²) < 4.78 is 30.2. The maximum absolute atomic E-state index is 14.7. The number of thiophene rings is 1. The van der Waals surface area contributed by atoms with E-state index < -0.39 is 5.95 Å². The highest BCUT2D eigenvalue weighted by Gasteiger charge is 2.28. The SMILES string of the molecule is C=C(c1sc2cccc(F)c2c1P)N(Cc1cc(-c2cccnc2F)ccc1CC)C1CCC(C)CC1. The standard InChI is InChI=1S/C31H33F2N2PS/c1-4-21-12-13-22(25-7-6-16-34-31(25)33)17-23(21)18-35(24-14-10-19(2)11-15-24)20(3)30-29(36)28-26(32)8-5-9-27(28)37-30/h5-9,12-13,16-17,19,24H,3-4,10-11,14-15,18,36H2,1-2H3. The summed E-state index contributed by atoms with van der Waals surface area (Å²) in [4.78, 5) is 7.29. The fraction of sp³-hybridized carbons (Fsp3) is 0.323. The number of hydrogen-bond acceptors (Lipinski definition) is 3. The Balaban J connectivity index is 1.56. The second-order valence-electron chi connectivity index (χ2n) is 10.1. The topological polar surface area (TPSA) is 16.1 Å². The molecule has 5 rings (SSSR count). The van der Waals surface area contributed by atoms with E-state index in [2.05, 4.69) is 51.7 Å². The molecule has 6 heteroatoms. The fourth-order valence-electron chi connectivity index (χ4n) is 5.54. The van der Waals surface area contributed by atoms with Crippen molar-refractivity contribution in [3.8, 4) is 11.1 Å². The van der Waals surface area contributed by atoms with E-state index in [1.54, 1.807) is 29.5 Å². The van der Waals surface area contributed by atoms with Gasteiger partial charge < -0.3 is 4.90 Å². The molecule has 4 aromatic rings. The Bertz CT molecular complexity index is 1440. The van der Waals surface area contributed by atoms with Crippen LogP contribution in [0.1, 0.15) is 55.5 Å². The number of fused-ring (bicyclic) bond motifs is 1. The summed E-state index contributed by atoms with van der Waals surface area (Å²) in [5.41, 5.74) is 4.68. The van der Waals surface area contributed by atoms with E-state index in [-0.39, 0.29) is 5.82 Å². The molecule has 0 aliphatic heterocycles. The summed E-state index contributed by atoms with van der Waals surface area (Å²) >= 11 is 1.60. The lowest BCUT2D eigenvalue weighted by atomic mass is 9.86. The van der Waals surface area contributed by atoms with Crippen molar-refractivity contribution in [2.24, 2.45) is 5.92 Å². The molecule has 2 heterocycles. The predicted molar refractivity (Wildman–Crippen MR) is 156 cm³/mol. The third-order valence-corrected chi connectivity index (χ3v) is 9.74. The van der Waals surface area contributed by atoms with Crippen molar-refractivity contribution in [1.29, 1.82) is 0 Å². The van der Waals surface area contributed by atoms with Crippen LogP contribution in [0.25, 0.3) is 26.9 Å². The summed E-state index contributed by atoms with van der Waals surface area (Å²) in [5, 5.41) is 1.54. The van der Waals surface area contributed by atoms with Crippen LogP contribution in [-0.2, 0) is 13.0 Å². The molecule has 1 unspecified atom stereocenters. The summed E-state index contributed by atoms with van der Waals surface area (Å²) in [7, 11) is 2.76. The maximum atomic E-state index is 14.7. The van der Waals surface area contributed by atoms with Crippen molar-refractivity contribution < 1.29 is 8.78 Å². The van der Waals surface area contributed by atoms with Crippen LogP contribution >= 0.6 is 20.6 Å². The molecule has 1 atom stereocenters. The number of aromatic nitrogens is 1. The molecule has 0 bridgehead atoms. The molecule has 1 saturated carbocycles. The van der Waals surface area contributed by atoms with E-state index in [1.165, 1.54) is 36.2 Å². The fourth-order valence-corrected chi connectivity index (χ4v) is 7.41. The lowest BCUT2D eigenvalue weighted by Crippen LogP contribution is -2.36. The number of benzene rings is 2. The van der Waals surface area contributed by atoms with Crippen molar-refractivity contribution in [2.45, 2.75) is 58.5 Å². The molecule has 1 fully saturated rings. The Morgan fingerprint density at radius 2 is 1.86 bits per heavy atom. The number of rotatable bonds is 7. The number of aryl methyl sites for hydroxylation is 1. The molecule has 0 amide bonds. The Morgan fingerprint density at radius 1 is 1.08 bits per heavy atom. The first kappa shape index (κ1) is 26.0. The number of nitrogens with zero attached hydrogens (tertiary/aromatic N) is 2. The van der Waals surface area contributed by atoms with Gasteiger partial charge in [0.1, 0.15) is 5.82 Å². The van der Waals surface area contributed by atoms with Gasteiger partial charge in [0.05, 0.1) is 4.88 Å². The normalized spacial score (nSPS) is 17.8. The number of pyridine rings is 1. The smallest absolute Gasteiger partial charge is 0.220 e. The highest BCUT2D eigenvalue weighted by molar-refractivity contribution is 7.33. The molecule has 2 nitrogen and oxygen atoms in total. The van der Waals surface area contributed by atoms with Gasteiger partial charge in [-0.1, -0.05) is 38.6 Å². The molecule has 0 saturated heterocycles. The van der Waals surface area contributed by atoms with Crippen LogP contribution in [-0.4, -0.2) is 15.9 Å². The third-order valence-electron chi connectivity index (χ3n) is 7.73. The number of hydrogen-bond donors (Lipinski definition) is 0. The highest BCUT2D eigenvalue weighted by Crippen LogP contribution is 2.38. The van der Waals surface area contributed by atoms with Crippen molar-refractivity contribution in [1.82, 2.24) is 9.88 Å². The molecular formula is C31H33F2N2PS. The van der Waals surface area contributed by atoms with Gasteiger partial charge in [0.2, 0.25) is 5.95 Å². The van der Waals surface area contributed by atoms with Gasteiger partial charge in [-0.3, -0.25) is 0 Å². The van der Waals surface area contributed by atoms with E-state index >= 15 is 0 Å². The highest BCUT2D eigenvalue weighted by atomic mass is 32.1. The zero-order valence-corrected chi connectivity index (χ0v) is 23.4. The Morgan fingerprint density at radius 3 is 2.57 bits per heavy atom. The van der Waals surface area contributed by atoms with Gasteiger partial charge in [0, 0.05) is 45.4 Å². The average molecular weight is 535 g/mol. The van der Waals surface area contributed by atoms with Crippen molar-refractivity contribution in [3.63, 3.8) is 0 Å². The van der Waals surface area contributed by atoms with E-state index in [9.17, 15) is 8.78 Å². The van der Waals surface area contributed by atoms with Gasteiger partial charge >= 0.3 is 0 Å². The molecular weight excluding hydrogens is 501 g/mol. The predicted octanol–water partition coefficient (Wildman–Crippen LogP) is 8.36. The third kappa shape index (κ3) is 5.22. The molecule has 0 radical (unpaired) electrons. The summed E-state index contributed by atoms with van der Waals surface area (Å²) in [6.07, 6.45) is 6.93. The van der Waals surface area contributed by atoms with Crippen LogP contribution in [0.15, 0.2) is 61.3 Å². The molecule has 2 aromatic carbocycles. The Labute approximate surface area is 224 Å². The molecule has 1 aliphatic carbocycles. The zero-order valence-electron chi connectivity index (χ0n) is 21.4. The minimum Gasteiger partial charge on any atom is -0.364 e. The quantitative estimate of drug-likeness (QED) is 0.175. The number of halogens is 2. The summed E-state index contributed by atoms with van der Waals surface area (Å²) in [6, 6.07) is 15.4. The van der Waals surface area contributed by atoms with E-state index in [1.807, 2.05) is 12.1 Å². The molecule has 0 N–H and O–H groups in total. The van der Waals surface area contributed by atoms with Crippen LogP contribution in [0.3, 0.4) is 0 Å². The van der Waals surface area contributed by atoms with E-state index in [4.69, 9.17) is 0 Å². The van der Waals surface area contributed by atoms with Gasteiger partial charge in [0.25, 0.3) is 0 Å². The van der Waals surface area contributed by atoms with Crippen LogP contribution < -0.4 is 5.30 Å². The van der Waals surface area contributed by atoms with E-state index in [0.717, 1.165) is 51.3 Å². The summed E-state index contributed by atoms with van der Waals surface area (Å²) in [5.74, 6) is 0.0701. The van der Waals surface area contributed by atoms with Crippen LogP contribution in [0.4, 0.5) is 8.78 Å². The lowest BCUT2D eigenvalue weighted by molar-refractivity contribution is 0.198. The minimum atomic E-state index is -0.458. The van der Waals surface area contributed by atoms with Gasteiger partial charge in [-0.25, -0.2) is 9.37 Å². The zero-order chi connectivity index (χ0) is 26.1. The molecule has 1 aliphatic rings. The second kappa shape index (κ2) is 11.0. The first-order chi connectivity index (χ1) is 17.9. The van der Waals surface area contributed by atoms with Crippen molar-refractivity contribution >= 4 is 41.7 Å². The first-order valence-electron chi connectivity index (χ1n) is 13.0. The van der Waals surface area contributed by atoms with Crippen molar-refractivity contribution in [2.75, 3.05) is 0 Å². The Kier molecular flexibility index (Phi) is 7.74. The van der Waals surface area contributed by atoms with Gasteiger partial charge in [-0.05, 0) is 85.0 Å². The lowest BCUT2D eigenvalue weighted by Gasteiger charge is -2.39. The largest absolute Gasteiger partial charge is 0.364 e. The molecule has 192 valence electrons. The minimum absolute atomic E-state index is 0.199. The van der Waals surface area contributed by atoms with E-state index in [0.29, 0.717) is 23.5 Å². The summed E-state index contributed by atoms with van der Waals surface area (Å²) in [6.45, 7) is 9.74. The van der Waals surface area contributed by atoms with Crippen LogP contribution in [0, 0.1) is 17.7 Å². The maximum Gasteiger partial charge on any atom is 0.220 e. The van der Waals surface area contributed by atoms with Crippen LogP contribution in [0.5, 0.6) is 0 Å². The molecule has 0 spiro atoms. The molecule has 2 aromatic heterocycles. The first-order valence-corrected chi connectivity index (χ1v) is 14.4. The molecule has 37 heavy (non-hydrogen) atoms. The van der Waals surface area contributed by atoms with Gasteiger partial charge in [-0.2, -0.15) is 4.39 Å². The van der Waals surface area contributed by atoms with Gasteiger partial charge in [-0.15, -0.1) is 20.6 Å². The van der Waals surface area contributed by atoms with Crippen LogP contribution in [0.2, 0.25) is 0 Å². The van der Waals surface area contributed by atoms with Gasteiger partial charge in [0.15, 0.2) is 0 Å². The van der Waals surface area contributed by atoms with Crippen molar-refractivity contribution in [3.05, 3.63) is 89.1 Å². The second-order valence-corrected chi connectivity index (χ2v) is 11.8. The Hall–Kier alpha value is -2.62. The average Bonchev–Trinajstić information content (AvgIpc) is 3.25.